The zero-order valence-electron chi connectivity index (χ0n) is 18.6. The van der Waals surface area contributed by atoms with Gasteiger partial charge in [-0.25, -0.2) is 8.42 Å². The number of ether oxygens (including phenoxy) is 1. The van der Waals surface area contributed by atoms with Crippen LogP contribution in [0.5, 0.6) is 5.75 Å². The van der Waals surface area contributed by atoms with Gasteiger partial charge in [0, 0.05) is 35.8 Å². The molecule has 8 nitrogen and oxygen atoms in total. The van der Waals surface area contributed by atoms with Crippen LogP contribution >= 0.6 is 11.6 Å². The van der Waals surface area contributed by atoms with Crippen LogP contribution in [0.4, 0.5) is 11.4 Å². The van der Waals surface area contributed by atoms with Gasteiger partial charge in [0.05, 0.1) is 10.6 Å². The van der Waals surface area contributed by atoms with Gasteiger partial charge in [-0.05, 0) is 69.0 Å². The van der Waals surface area contributed by atoms with Crippen molar-refractivity contribution < 1.29 is 22.7 Å². The lowest BCUT2D eigenvalue weighted by Gasteiger charge is -2.31. The van der Waals surface area contributed by atoms with Crippen molar-refractivity contribution in [2.24, 2.45) is 5.92 Å². The van der Waals surface area contributed by atoms with Crippen LogP contribution in [0.25, 0.3) is 0 Å². The van der Waals surface area contributed by atoms with E-state index in [1.54, 1.807) is 38.1 Å². The van der Waals surface area contributed by atoms with Crippen molar-refractivity contribution in [2.45, 2.75) is 44.6 Å². The monoisotopic (exact) mass is 491 g/mol. The molecule has 1 saturated heterocycles. The zero-order chi connectivity index (χ0) is 23.9. The number of anilines is 2. The first kappa shape index (κ1) is 23.5. The van der Waals surface area contributed by atoms with Crippen molar-refractivity contribution >= 4 is 44.8 Å². The van der Waals surface area contributed by atoms with E-state index in [1.165, 1.54) is 10.4 Å². The Morgan fingerprint density at radius 2 is 1.85 bits per heavy atom. The Morgan fingerprint density at radius 1 is 1.15 bits per heavy atom. The Balaban J connectivity index is 1.45. The second kappa shape index (κ2) is 8.96. The number of sulfonamides is 1. The molecule has 0 unspecified atom stereocenters. The molecule has 0 saturated carbocycles. The Bertz CT molecular complexity index is 1220. The Morgan fingerprint density at radius 3 is 2.52 bits per heavy atom. The average molecular weight is 492 g/mol. The molecule has 0 spiro atoms. The smallest absolute Gasteiger partial charge is 0.265 e. The van der Waals surface area contributed by atoms with Crippen LogP contribution in [-0.4, -0.2) is 43.7 Å². The number of halogens is 1. The second-order valence-electron chi connectivity index (χ2n) is 8.49. The van der Waals surface area contributed by atoms with Gasteiger partial charge in [-0.15, -0.1) is 0 Å². The molecule has 0 radical (unpaired) electrons. The Kier molecular flexibility index (Phi) is 6.39. The zero-order valence-corrected chi connectivity index (χ0v) is 20.2. The molecule has 2 aromatic carbocycles. The van der Waals surface area contributed by atoms with Crippen molar-refractivity contribution in [3.63, 3.8) is 0 Å². The summed E-state index contributed by atoms with van der Waals surface area (Å²) in [5.74, 6) is -0.346. The predicted molar refractivity (Wildman–Crippen MR) is 126 cm³/mol. The predicted octanol–water partition coefficient (Wildman–Crippen LogP) is 3.72. The van der Waals surface area contributed by atoms with Gasteiger partial charge < -0.3 is 15.4 Å². The van der Waals surface area contributed by atoms with Gasteiger partial charge in [0.15, 0.2) is 6.10 Å². The number of amides is 2. The summed E-state index contributed by atoms with van der Waals surface area (Å²) in [6.07, 6.45) is 0.144. The van der Waals surface area contributed by atoms with Crippen LogP contribution in [0.15, 0.2) is 35.2 Å². The van der Waals surface area contributed by atoms with Crippen LogP contribution in [0.3, 0.4) is 0 Å². The summed E-state index contributed by atoms with van der Waals surface area (Å²) in [5, 5.41) is 6.26. The lowest BCUT2D eigenvalue weighted by atomic mass is 9.97. The maximum absolute atomic E-state index is 13.4. The highest BCUT2D eigenvalue weighted by molar-refractivity contribution is 7.89. The van der Waals surface area contributed by atoms with E-state index in [0.717, 1.165) is 5.56 Å². The molecule has 1 fully saturated rings. The van der Waals surface area contributed by atoms with Crippen LogP contribution in [-0.2, 0) is 19.6 Å². The van der Waals surface area contributed by atoms with Crippen LogP contribution < -0.4 is 15.4 Å². The lowest BCUT2D eigenvalue weighted by Crippen LogP contribution is -2.41. The molecule has 2 aliphatic heterocycles. The topological polar surface area (TPSA) is 105 Å². The first-order chi connectivity index (χ1) is 15.6. The molecule has 4 rings (SSSR count). The molecule has 0 aliphatic carbocycles. The third-order valence-corrected chi connectivity index (χ3v) is 8.37. The number of piperidine rings is 1. The molecular weight excluding hydrogens is 466 g/mol. The molecule has 33 heavy (non-hydrogen) atoms. The largest absolute Gasteiger partial charge is 0.479 e. The quantitative estimate of drug-likeness (QED) is 0.678. The molecule has 176 valence electrons. The Hall–Kier alpha value is -2.62. The minimum absolute atomic E-state index is 0.124. The standard InChI is InChI=1S/C23H26ClN3O5S/c1-13-10-17(24)4-5-18(13)25-23(29)16-6-8-27(9-7-16)33(30,31)21-12-20-19(11-14(21)2)26-22(28)15(3)32-20/h4-5,10-12,15-16H,6-9H2,1-3H3,(H,25,29)(H,26,28)/t15-/m1/s1. The summed E-state index contributed by atoms with van der Waals surface area (Å²) in [7, 11) is -3.78. The molecular formula is C23H26ClN3O5S. The first-order valence-corrected chi connectivity index (χ1v) is 12.6. The minimum Gasteiger partial charge on any atom is -0.479 e. The highest BCUT2D eigenvalue weighted by Gasteiger charge is 2.34. The number of benzene rings is 2. The number of fused-ring (bicyclic) bond motifs is 1. The van der Waals surface area contributed by atoms with Gasteiger partial charge in [-0.1, -0.05) is 11.6 Å². The van der Waals surface area contributed by atoms with Crippen molar-refractivity contribution in [1.29, 1.82) is 0 Å². The van der Waals surface area contributed by atoms with E-state index in [4.69, 9.17) is 16.3 Å². The highest BCUT2D eigenvalue weighted by atomic mass is 35.5. The number of hydrogen-bond donors (Lipinski definition) is 2. The maximum Gasteiger partial charge on any atom is 0.265 e. The van der Waals surface area contributed by atoms with Gasteiger partial charge in [-0.2, -0.15) is 4.31 Å². The number of aryl methyl sites for hydroxylation is 2. The number of carbonyl (C=O) groups excluding carboxylic acids is 2. The molecule has 2 amide bonds. The maximum atomic E-state index is 13.4. The van der Waals surface area contributed by atoms with Crippen LogP contribution in [0, 0.1) is 19.8 Å². The van der Waals surface area contributed by atoms with E-state index in [1.807, 2.05) is 6.92 Å². The first-order valence-electron chi connectivity index (χ1n) is 10.8. The van der Waals surface area contributed by atoms with Gasteiger partial charge >= 0.3 is 0 Å². The fourth-order valence-corrected chi connectivity index (χ4v) is 6.04. The summed E-state index contributed by atoms with van der Waals surface area (Å²) in [4.78, 5) is 24.7. The summed E-state index contributed by atoms with van der Waals surface area (Å²) >= 11 is 5.97. The number of rotatable bonds is 4. The average Bonchev–Trinajstić information content (AvgIpc) is 2.76. The molecule has 2 aromatic rings. The summed E-state index contributed by atoms with van der Waals surface area (Å²) in [5.41, 5.74) is 2.55. The van der Waals surface area contributed by atoms with E-state index in [0.29, 0.717) is 40.6 Å². The molecule has 2 N–H and O–H groups in total. The van der Waals surface area contributed by atoms with Crippen molar-refractivity contribution in [2.75, 3.05) is 23.7 Å². The van der Waals surface area contributed by atoms with Crippen LogP contribution in [0.1, 0.15) is 30.9 Å². The van der Waals surface area contributed by atoms with Crippen molar-refractivity contribution in [3.8, 4) is 5.75 Å². The van der Waals surface area contributed by atoms with Gasteiger partial charge in [-0.3, -0.25) is 9.59 Å². The third kappa shape index (κ3) is 4.71. The van der Waals surface area contributed by atoms with E-state index in [-0.39, 0.29) is 35.7 Å². The summed E-state index contributed by atoms with van der Waals surface area (Å²) < 4.78 is 33.7. The van der Waals surface area contributed by atoms with E-state index in [2.05, 4.69) is 10.6 Å². The van der Waals surface area contributed by atoms with E-state index >= 15 is 0 Å². The minimum atomic E-state index is -3.78. The van der Waals surface area contributed by atoms with E-state index < -0.39 is 16.1 Å². The van der Waals surface area contributed by atoms with E-state index in [9.17, 15) is 18.0 Å². The fourth-order valence-electron chi connectivity index (χ4n) is 4.12. The number of nitrogens with zero attached hydrogens (tertiary/aromatic N) is 1. The molecule has 0 aromatic heterocycles. The summed E-state index contributed by atoms with van der Waals surface area (Å²) in [6, 6.07) is 8.34. The molecule has 0 bridgehead atoms. The second-order valence-corrected chi connectivity index (χ2v) is 10.8. The summed E-state index contributed by atoms with van der Waals surface area (Å²) in [6.45, 7) is 5.64. The number of nitrogens with one attached hydrogen (secondary N) is 2. The Labute approximate surface area is 198 Å². The number of hydrogen-bond acceptors (Lipinski definition) is 5. The molecule has 1 atom stereocenters. The van der Waals surface area contributed by atoms with Crippen LogP contribution in [0.2, 0.25) is 5.02 Å². The molecule has 2 aliphatic rings. The SMILES string of the molecule is Cc1cc(Cl)ccc1NC(=O)C1CCN(S(=O)(=O)c2cc3c(cc2C)NC(=O)[C@@H](C)O3)CC1. The number of carbonyl (C=O) groups is 2. The third-order valence-electron chi connectivity index (χ3n) is 6.10. The van der Waals surface area contributed by atoms with Crippen molar-refractivity contribution in [3.05, 3.63) is 46.5 Å². The fraction of sp³-hybridized carbons (Fsp3) is 0.391. The van der Waals surface area contributed by atoms with Gasteiger partial charge in [0.25, 0.3) is 5.91 Å². The highest BCUT2D eigenvalue weighted by Crippen LogP contribution is 2.36. The normalized spacial score (nSPS) is 19.4. The van der Waals surface area contributed by atoms with Crippen molar-refractivity contribution in [1.82, 2.24) is 4.31 Å². The van der Waals surface area contributed by atoms with Gasteiger partial charge in [0.2, 0.25) is 15.9 Å². The lowest BCUT2D eigenvalue weighted by molar-refractivity contribution is -0.123. The molecule has 2 heterocycles. The molecule has 10 heteroatoms. The van der Waals surface area contributed by atoms with Gasteiger partial charge in [0.1, 0.15) is 5.75 Å².